The van der Waals surface area contributed by atoms with Crippen LogP contribution in [0.2, 0.25) is 0 Å². The summed E-state index contributed by atoms with van der Waals surface area (Å²) in [7, 11) is -2.60. The van der Waals surface area contributed by atoms with E-state index in [9.17, 15) is 22.4 Å². The Balaban J connectivity index is 2.04. The third-order valence-electron chi connectivity index (χ3n) is 3.38. The molecule has 0 aliphatic carbocycles. The Bertz CT molecular complexity index is 897. The number of hydrogen-bond donors (Lipinski definition) is 2. The number of rotatable bonds is 6. The number of carbonyl (C=O) groups excluding carboxylic acids is 2. The highest BCUT2D eigenvalue weighted by Crippen LogP contribution is 2.17. The molecule has 0 aliphatic heterocycles. The lowest BCUT2D eigenvalue weighted by Crippen LogP contribution is -2.34. The van der Waals surface area contributed by atoms with Gasteiger partial charge in [-0.25, -0.2) is 12.8 Å². The predicted molar refractivity (Wildman–Crippen MR) is 95.6 cm³/mol. The first-order chi connectivity index (χ1) is 12.2. The molecule has 0 radical (unpaired) electrons. The van der Waals surface area contributed by atoms with Gasteiger partial charge in [-0.1, -0.05) is 0 Å². The van der Waals surface area contributed by atoms with E-state index in [1.807, 2.05) is 0 Å². The molecule has 2 N–H and O–H groups in total. The molecule has 0 saturated carbocycles. The van der Waals surface area contributed by atoms with Crippen LogP contribution in [0.15, 0.2) is 53.4 Å². The molecule has 7 nitrogen and oxygen atoms in total. The molecule has 0 spiro atoms. The van der Waals surface area contributed by atoms with Crippen molar-refractivity contribution < 1.29 is 22.4 Å². The quantitative estimate of drug-likeness (QED) is 0.803. The van der Waals surface area contributed by atoms with Crippen molar-refractivity contribution in [2.75, 3.05) is 24.2 Å². The van der Waals surface area contributed by atoms with Gasteiger partial charge >= 0.3 is 0 Å². The van der Waals surface area contributed by atoms with Gasteiger partial charge in [-0.15, -0.1) is 0 Å². The number of sulfonamides is 1. The van der Waals surface area contributed by atoms with Gasteiger partial charge < -0.3 is 10.6 Å². The van der Waals surface area contributed by atoms with Gasteiger partial charge in [0.2, 0.25) is 21.8 Å². The number of amides is 2. The zero-order valence-electron chi connectivity index (χ0n) is 14.2. The highest BCUT2D eigenvalue weighted by Gasteiger charge is 2.23. The van der Waals surface area contributed by atoms with E-state index in [1.54, 1.807) is 0 Å². The van der Waals surface area contributed by atoms with Crippen LogP contribution in [0.25, 0.3) is 0 Å². The van der Waals surface area contributed by atoms with E-state index in [0.29, 0.717) is 11.4 Å². The van der Waals surface area contributed by atoms with Gasteiger partial charge in [0.25, 0.3) is 0 Å². The van der Waals surface area contributed by atoms with E-state index in [2.05, 4.69) is 10.6 Å². The standard InChI is InChI=1S/C17H18FN3O4S/c1-12(22)19-14-7-9-16(10-8-14)26(24,25)21(2)11-17(23)20-15-5-3-13(18)4-6-15/h3-10H,11H2,1-2H3,(H,19,22)(H,20,23). The summed E-state index contributed by atoms with van der Waals surface area (Å²) in [5.41, 5.74) is 0.829. The molecule has 0 bridgehead atoms. The fourth-order valence-electron chi connectivity index (χ4n) is 2.11. The molecule has 2 amide bonds. The number of benzene rings is 2. The number of halogens is 1. The second-order valence-electron chi connectivity index (χ2n) is 5.52. The Morgan fingerprint density at radius 3 is 2.00 bits per heavy atom. The van der Waals surface area contributed by atoms with Gasteiger partial charge in [-0.3, -0.25) is 9.59 Å². The molecule has 0 heterocycles. The maximum Gasteiger partial charge on any atom is 0.243 e. The van der Waals surface area contributed by atoms with Crippen molar-refractivity contribution in [3.05, 3.63) is 54.3 Å². The van der Waals surface area contributed by atoms with Crippen LogP contribution in [-0.2, 0) is 19.6 Å². The largest absolute Gasteiger partial charge is 0.326 e. The Labute approximate surface area is 150 Å². The van der Waals surface area contributed by atoms with E-state index < -0.39 is 28.3 Å². The number of nitrogens with one attached hydrogen (secondary N) is 2. The fourth-order valence-corrected chi connectivity index (χ4v) is 3.24. The van der Waals surface area contributed by atoms with Gasteiger partial charge in [0.1, 0.15) is 5.82 Å². The van der Waals surface area contributed by atoms with Gasteiger partial charge in [0, 0.05) is 25.3 Å². The first-order valence-electron chi connectivity index (χ1n) is 7.58. The zero-order valence-corrected chi connectivity index (χ0v) is 15.0. The van der Waals surface area contributed by atoms with Crippen molar-refractivity contribution in [1.82, 2.24) is 4.31 Å². The summed E-state index contributed by atoms with van der Waals surface area (Å²) in [5, 5.41) is 5.03. The molecule has 138 valence electrons. The van der Waals surface area contributed by atoms with Crippen LogP contribution < -0.4 is 10.6 Å². The van der Waals surface area contributed by atoms with Crippen molar-refractivity contribution >= 4 is 33.2 Å². The molecule has 0 saturated heterocycles. The maximum atomic E-state index is 12.9. The molecule has 0 atom stereocenters. The lowest BCUT2D eigenvalue weighted by molar-refractivity contribution is -0.116. The highest BCUT2D eigenvalue weighted by molar-refractivity contribution is 7.89. The summed E-state index contributed by atoms with van der Waals surface area (Å²) in [6.45, 7) is 0.936. The average Bonchev–Trinajstić information content (AvgIpc) is 2.56. The topological polar surface area (TPSA) is 95.6 Å². The van der Waals surface area contributed by atoms with Crippen molar-refractivity contribution in [2.45, 2.75) is 11.8 Å². The normalized spacial score (nSPS) is 11.2. The van der Waals surface area contributed by atoms with Crippen LogP contribution >= 0.6 is 0 Å². The summed E-state index contributed by atoms with van der Waals surface area (Å²) in [6, 6.07) is 10.7. The van der Waals surface area contributed by atoms with E-state index >= 15 is 0 Å². The zero-order chi connectivity index (χ0) is 19.3. The second-order valence-corrected chi connectivity index (χ2v) is 7.57. The van der Waals surface area contributed by atoms with E-state index in [-0.39, 0.29) is 10.8 Å². The van der Waals surface area contributed by atoms with Gasteiger partial charge in [0.05, 0.1) is 11.4 Å². The van der Waals surface area contributed by atoms with Crippen LogP contribution in [0.3, 0.4) is 0 Å². The molecule has 0 fully saturated rings. The minimum atomic E-state index is -3.88. The molecule has 0 aliphatic rings. The minimum Gasteiger partial charge on any atom is -0.326 e. The first-order valence-corrected chi connectivity index (χ1v) is 9.02. The third-order valence-corrected chi connectivity index (χ3v) is 5.19. The van der Waals surface area contributed by atoms with Crippen LogP contribution in [-0.4, -0.2) is 38.1 Å². The van der Waals surface area contributed by atoms with Gasteiger partial charge in [0.15, 0.2) is 0 Å². The van der Waals surface area contributed by atoms with Crippen LogP contribution in [0.4, 0.5) is 15.8 Å². The Hall–Kier alpha value is -2.78. The lowest BCUT2D eigenvalue weighted by Gasteiger charge is -2.17. The summed E-state index contributed by atoms with van der Waals surface area (Å²) >= 11 is 0. The van der Waals surface area contributed by atoms with Crippen LogP contribution in [0, 0.1) is 5.82 Å². The molecule has 9 heteroatoms. The van der Waals surface area contributed by atoms with E-state index in [0.717, 1.165) is 4.31 Å². The second kappa shape index (κ2) is 8.07. The SMILES string of the molecule is CC(=O)Nc1ccc(S(=O)(=O)N(C)CC(=O)Nc2ccc(F)cc2)cc1. The Morgan fingerprint density at radius 1 is 0.962 bits per heavy atom. The highest BCUT2D eigenvalue weighted by atomic mass is 32.2. The first kappa shape index (κ1) is 19.5. The number of anilines is 2. The summed E-state index contributed by atoms with van der Waals surface area (Å²) < 4.78 is 38.8. The van der Waals surface area contributed by atoms with Gasteiger partial charge in [-0.2, -0.15) is 4.31 Å². The number of carbonyl (C=O) groups is 2. The molecule has 2 aromatic carbocycles. The number of likely N-dealkylation sites (N-methyl/N-ethyl adjacent to an activating group) is 1. The molecular formula is C17H18FN3O4S. The molecule has 26 heavy (non-hydrogen) atoms. The van der Waals surface area contributed by atoms with Crippen molar-refractivity contribution in [1.29, 1.82) is 0 Å². The monoisotopic (exact) mass is 379 g/mol. The lowest BCUT2D eigenvalue weighted by atomic mass is 10.3. The number of nitrogens with zero attached hydrogens (tertiary/aromatic N) is 1. The summed E-state index contributed by atoms with van der Waals surface area (Å²) in [6.07, 6.45) is 0. The molecular weight excluding hydrogens is 361 g/mol. The van der Waals surface area contributed by atoms with E-state index in [1.165, 1.54) is 62.5 Å². The van der Waals surface area contributed by atoms with Gasteiger partial charge in [-0.05, 0) is 48.5 Å². The summed E-state index contributed by atoms with van der Waals surface area (Å²) in [5.74, 6) is -1.27. The van der Waals surface area contributed by atoms with Crippen molar-refractivity contribution in [3.8, 4) is 0 Å². The van der Waals surface area contributed by atoms with Crippen molar-refractivity contribution in [2.24, 2.45) is 0 Å². The number of hydrogen-bond acceptors (Lipinski definition) is 4. The Morgan fingerprint density at radius 2 is 1.46 bits per heavy atom. The van der Waals surface area contributed by atoms with Crippen LogP contribution in [0.5, 0.6) is 0 Å². The van der Waals surface area contributed by atoms with Crippen molar-refractivity contribution in [3.63, 3.8) is 0 Å². The average molecular weight is 379 g/mol. The summed E-state index contributed by atoms with van der Waals surface area (Å²) in [4.78, 5) is 23.0. The molecule has 2 aromatic rings. The minimum absolute atomic E-state index is 0.0105. The molecule has 0 aromatic heterocycles. The maximum absolute atomic E-state index is 12.9. The smallest absolute Gasteiger partial charge is 0.243 e. The Kier molecular flexibility index (Phi) is 6.06. The molecule has 0 unspecified atom stereocenters. The molecule has 2 rings (SSSR count). The predicted octanol–water partition coefficient (Wildman–Crippen LogP) is 2.04. The van der Waals surface area contributed by atoms with Crippen LogP contribution in [0.1, 0.15) is 6.92 Å². The van der Waals surface area contributed by atoms with E-state index in [4.69, 9.17) is 0 Å². The fraction of sp³-hybridized carbons (Fsp3) is 0.176. The third kappa shape index (κ3) is 5.11.